The van der Waals surface area contributed by atoms with Crippen molar-refractivity contribution in [3.63, 3.8) is 0 Å². The first-order valence-corrected chi connectivity index (χ1v) is 5.07. The molecule has 0 aliphatic rings. The van der Waals surface area contributed by atoms with E-state index in [2.05, 4.69) is 6.92 Å². The molecule has 0 fully saturated rings. The second-order valence-corrected chi connectivity index (χ2v) is 3.59. The van der Waals surface area contributed by atoms with Crippen LogP contribution in [0.15, 0.2) is 18.2 Å². The first-order valence-electron chi connectivity index (χ1n) is 4.32. The molecule has 0 atom stereocenters. The van der Waals surface area contributed by atoms with E-state index in [9.17, 15) is 0 Å². The molecule has 1 radical (unpaired) electrons. The Hall–Kier alpha value is 0.600. The van der Waals surface area contributed by atoms with Crippen molar-refractivity contribution in [3.05, 3.63) is 28.2 Å². The van der Waals surface area contributed by atoms with Crippen LogP contribution in [0.4, 0.5) is 0 Å². The zero-order valence-electron chi connectivity index (χ0n) is 8.52. The molecule has 0 amide bonds. The number of halogens is 2. The summed E-state index contributed by atoms with van der Waals surface area (Å²) in [4.78, 5) is 0. The quantitative estimate of drug-likeness (QED) is 0.576. The SMILES string of the molecule is CCCCOc1ccc(Cl)c(Cl)c1.[Na]. The van der Waals surface area contributed by atoms with E-state index < -0.39 is 0 Å². The number of ether oxygens (including phenoxy) is 1. The number of rotatable bonds is 4. The third-order valence-electron chi connectivity index (χ3n) is 1.66. The van der Waals surface area contributed by atoms with Gasteiger partial charge in [-0.05, 0) is 18.6 Å². The second kappa shape index (κ2) is 7.84. The van der Waals surface area contributed by atoms with Crippen LogP contribution in [-0.2, 0) is 0 Å². The van der Waals surface area contributed by atoms with Crippen LogP contribution in [-0.4, -0.2) is 36.2 Å². The summed E-state index contributed by atoms with van der Waals surface area (Å²) in [6.07, 6.45) is 2.18. The molecule has 73 valence electrons. The average molecular weight is 242 g/mol. The van der Waals surface area contributed by atoms with Gasteiger partial charge in [0.2, 0.25) is 0 Å². The van der Waals surface area contributed by atoms with Crippen LogP contribution in [0.25, 0.3) is 0 Å². The fourth-order valence-electron chi connectivity index (χ4n) is 0.901. The topological polar surface area (TPSA) is 9.23 Å². The van der Waals surface area contributed by atoms with Crippen LogP contribution < -0.4 is 4.74 Å². The van der Waals surface area contributed by atoms with Crippen molar-refractivity contribution in [2.45, 2.75) is 19.8 Å². The smallest absolute Gasteiger partial charge is 0.120 e. The molecule has 0 saturated heterocycles. The third kappa shape index (κ3) is 4.90. The fourth-order valence-corrected chi connectivity index (χ4v) is 1.19. The Balaban J connectivity index is 0.00000169. The fraction of sp³-hybridized carbons (Fsp3) is 0.400. The number of hydrogen-bond donors (Lipinski definition) is 0. The van der Waals surface area contributed by atoms with Gasteiger partial charge in [-0.15, -0.1) is 0 Å². The molecule has 0 aromatic heterocycles. The molecular weight excluding hydrogens is 230 g/mol. The van der Waals surface area contributed by atoms with Crippen LogP contribution in [0.2, 0.25) is 10.0 Å². The van der Waals surface area contributed by atoms with Crippen molar-refractivity contribution in [3.8, 4) is 5.75 Å². The minimum atomic E-state index is 0. The van der Waals surface area contributed by atoms with Crippen LogP contribution in [0.5, 0.6) is 5.75 Å². The summed E-state index contributed by atoms with van der Waals surface area (Å²) in [5, 5.41) is 1.10. The van der Waals surface area contributed by atoms with Gasteiger partial charge in [-0.25, -0.2) is 0 Å². The molecule has 0 spiro atoms. The van der Waals surface area contributed by atoms with Crippen molar-refractivity contribution >= 4 is 52.8 Å². The molecule has 14 heavy (non-hydrogen) atoms. The summed E-state index contributed by atoms with van der Waals surface area (Å²) < 4.78 is 5.44. The van der Waals surface area contributed by atoms with Crippen LogP contribution in [0, 0.1) is 0 Å². The summed E-state index contributed by atoms with van der Waals surface area (Å²) in [5.41, 5.74) is 0. The molecule has 0 aliphatic heterocycles. The maximum Gasteiger partial charge on any atom is 0.120 e. The Bertz CT molecular complexity index is 279. The van der Waals surface area contributed by atoms with Crippen molar-refractivity contribution in [2.75, 3.05) is 6.61 Å². The molecule has 1 aromatic carbocycles. The minimum Gasteiger partial charge on any atom is -0.494 e. The monoisotopic (exact) mass is 241 g/mol. The van der Waals surface area contributed by atoms with E-state index in [1.807, 2.05) is 6.07 Å². The predicted octanol–water partition coefficient (Wildman–Crippen LogP) is 3.79. The van der Waals surface area contributed by atoms with Crippen LogP contribution >= 0.6 is 23.2 Å². The predicted molar refractivity (Wildman–Crippen MR) is 62.6 cm³/mol. The Labute approximate surface area is 117 Å². The van der Waals surface area contributed by atoms with Gasteiger partial charge in [0, 0.05) is 35.6 Å². The number of benzene rings is 1. The maximum atomic E-state index is 5.81. The van der Waals surface area contributed by atoms with E-state index >= 15 is 0 Å². The van der Waals surface area contributed by atoms with Crippen LogP contribution in [0.1, 0.15) is 19.8 Å². The summed E-state index contributed by atoms with van der Waals surface area (Å²) >= 11 is 11.6. The first-order chi connectivity index (χ1) is 6.24. The van der Waals surface area contributed by atoms with Gasteiger partial charge in [0.25, 0.3) is 0 Å². The van der Waals surface area contributed by atoms with E-state index in [0.717, 1.165) is 25.2 Å². The molecule has 0 bridgehead atoms. The van der Waals surface area contributed by atoms with Crippen LogP contribution in [0.3, 0.4) is 0 Å². The molecule has 1 aromatic rings. The van der Waals surface area contributed by atoms with Gasteiger partial charge in [-0.2, -0.15) is 0 Å². The van der Waals surface area contributed by atoms with Crippen molar-refractivity contribution < 1.29 is 4.74 Å². The average Bonchev–Trinajstić information content (AvgIpc) is 2.12. The van der Waals surface area contributed by atoms with Gasteiger partial charge >= 0.3 is 0 Å². The molecule has 1 nitrogen and oxygen atoms in total. The number of unbranched alkanes of at least 4 members (excludes halogenated alkanes) is 1. The molecular formula is C10H12Cl2NaO. The van der Waals surface area contributed by atoms with Gasteiger partial charge in [0.15, 0.2) is 0 Å². The first kappa shape index (κ1) is 14.6. The normalized spacial score (nSPS) is 9.36. The van der Waals surface area contributed by atoms with Gasteiger partial charge in [-0.3, -0.25) is 0 Å². The van der Waals surface area contributed by atoms with E-state index in [0.29, 0.717) is 10.0 Å². The van der Waals surface area contributed by atoms with Gasteiger partial charge in [0.05, 0.1) is 16.7 Å². The molecule has 0 heterocycles. The zero-order valence-corrected chi connectivity index (χ0v) is 12.0. The van der Waals surface area contributed by atoms with Crippen molar-refractivity contribution in [1.29, 1.82) is 0 Å². The number of hydrogen-bond acceptors (Lipinski definition) is 1. The summed E-state index contributed by atoms with van der Waals surface area (Å²) in [5.74, 6) is 0.780. The Kier molecular flexibility index (Phi) is 8.17. The summed E-state index contributed by atoms with van der Waals surface area (Å²) in [6.45, 7) is 2.85. The zero-order chi connectivity index (χ0) is 9.68. The molecule has 0 aliphatic carbocycles. The van der Waals surface area contributed by atoms with Crippen molar-refractivity contribution in [1.82, 2.24) is 0 Å². The maximum absolute atomic E-state index is 5.81. The third-order valence-corrected chi connectivity index (χ3v) is 2.40. The van der Waals surface area contributed by atoms with E-state index in [1.165, 1.54) is 0 Å². The molecule has 0 unspecified atom stereocenters. The second-order valence-electron chi connectivity index (χ2n) is 2.78. The van der Waals surface area contributed by atoms with Gasteiger partial charge in [0.1, 0.15) is 5.75 Å². The Morgan fingerprint density at radius 3 is 2.50 bits per heavy atom. The molecule has 0 saturated carbocycles. The minimum absolute atomic E-state index is 0. The molecule has 0 N–H and O–H groups in total. The largest absolute Gasteiger partial charge is 0.494 e. The standard InChI is InChI=1S/C10H12Cl2O.Na/c1-2-3-6-13-8-4-5-9(11)10(12)7-8;/h4-5,7H,2-3,6H2,1H3;. The Morgan fingerprint density at radius 2 is 1.93 bits per heavy atom. The van der Waals surface area contributed by atoms with Gasteiger partial charge in [-0.1, -0.05) is 36.5 Å². The molecule has 4 heteroatoms. The van der Waals surface area contributed by atoms with Gasteiger partial charge < -0.3 is 4.74 Å². The molecule has 1 rings (SSSR count). The Morgan fingerprint density at radius 1 is 1.21 bits per heavy atom. The summed E-state index contributed by atoms with van der Waals surface area (Å²) in [6, 6.07) is 5.30. The van der Waals surface area contributed by atoms with E-state index in [-0.39, 0.29) is 29.6 Å². The summed E-state index contributed by atoms with van der Waals surface area (Å²) in [7, 11) is 0. The van der Waals surface area contributed by atoms with E-state index in [4.69, 9.17) is 27.9 Å². The van der Waals surface area contributed by atoms with E-state index in [1.54, 1.807) is 12.1 Å². The van der Waals surface area contributed by atoms with Crippen molar-refractivity contribution in [2.24, 2.45) is 0 Å².